The Morgan fingerprint density at radius 1 is 1.04 bits per heavy atom. The number of hydrogen-bond donors (Lipinski definition) is 0. The summed E-state index contributed by atoms with van der Waals surface area (Å²) in [6, 6.07) is 7.90. The first-order valence-corrected chi connectivity index (χ1v) is 8.94. The van der Waals surface area contributed by atoms with Gasteiger partial charge in [0.25, 0.3) is 5.56 Å². The largest absolute Gasteiger partial charge is 0.486 e. The van der Waals surface area contributed by atoms with Crippen molar-refractivity contribution in [3.05, 3.63) is 56.4 Å². The molecule has 3 heterocycles. The number of likely N-dealkylation sites (tertiary alicyclic amines) is 1. The molecule has 0 saturated carbocycles. The van der Waals surface area contributed by atoms with E-state index in [1.807, 2.05) is 6.07 Å². The summed E-state index contributed by atoms with van der Waals surface area (Å²) in [4.78, 5) is 26.5. The van der Waals surface area contributed by atoms with Crippen molar-refractivity contribution in [3.8, 4) is 11.5 Å². The van der Waals surface area contributed by atoms with Crippen molar-refractivity contribution in [1.82, 2.24) is 14.0 Å². The quantitative estimate of drug-likeness (QED) is 0.826. The zero-order valence-electron chi connectivity index (χ0n) is 15.1. The number of nitrogens with zero attached hydrogens (tertiary/aromatic N) is 3. The Hall–Kier alpha value is -2.54. The first kappa shape index (κ1) is 16.9. The van der Waals surface area contributed by atoms with Crippen LogP contribution < -0.4 is 20.7 Å². The fraction of sp³-hybridized carbons (Fsp3) is 0.474. The van der Waals surface area contributed by atoms with Crippen LogP contribution in [-0.2, 0) is 20.6 Å². The maximum atomic E-state index is 12.2. The Kier molecular flexibility index (Phi) is 4.32. The summed E-state index contributed by atoms with van der Waals surface area (Å²) in [5, 5.41) is 0. The second kappa shape index (κ2) is 6.64. The molecule has 2 aliphatic rings. The third-order valence-electron chi connectivity index (χ3n) is 5.31. The highest BCUT2D eigenvalue weighted by Crippen LogP contribution is 2.38. The molecule has 0 radical (unpaired) electrons. The average molecular weight is 357 g/mol. The summed E-state index contributed by atoms with van der Waals surface area (Å²) in [6.45, 7) is 2.66. The molecule has 0 bridgehead atoms. The summed E-state index contributed by atoms with van der Waals surface area (Å²) in [7, 11) is 3.22. The van der Waals surface area contributed by atoms with E-state index in [0.29, 0.717) is 19.8 Å². The average Bonchev–Trinajstić information content (AvgIpc) is 3.12. The fourth-order valence-electron chi connectivity index (χ4n) is 3.80. The maximum absolute atomic E-state index is 12.2. The lowest BCUT2D eigenvalue weighted by atomic mass is 10.0. The van der Waals surface area contributed by atoms with Gasteiger partial charge in [-0.25, -0.2) is 4.79 Å². The molecule has 1 aromatic carbocycles. The Morgan fingerprint density at radius 2 is 1.81 bits per heavy atom. The van der Waals surface area contributed by atoms with E-state index < -0.39 is 0 Å². The van der Waals surface area contributed by atoms with Crippen molar-refractivity contribution >= 4 is 0 Å². The fourth-order valence-corrected chi connectivity index (χ4v) is 3.80. The lowest BCUT2D eigenvalue weighted by molar-refractivity contribution is 0.170. The van der Waals surface area contributed by atoms with Gasteiger partial charge in [-0.2, -0.15) is 0 Å². The third kappa shape index (κ3) is 2.92. The standard InChI is InChI=1S/C19H23N3O4/c1-20-14(11-18(23)21(2)19(20)24)12-22-7-3-4-15(22)13-5-6-16-17(10-13)26-9-8-25-16/h5-6,10-11,15H,3-4,7-9,12H2,1-2H3. The third-order valence-corrected chi connectivity index (χ3v) is 5.31. The van der Waals surface area contributed by atoms with Crippen LogP contribution in [0.25, 0.3) is 0 Å². The first-order chi connectivity index (χ1) is 12.5. The molecule has 0 N–H and O–H groups in total. The Labute approximate surface area is 151 Å². The van der Waals surface area contributed by atoms with E-state index >= 15 is 0 Å². The van der Waals surface area contributed by atoms with Crippen molar-refractivity contribution in [1.29, 1.82) is 0 Å². The Balaban J connectivity index is 1.62. The number of ether oxygens (including phenoxy) is 2. The van der Waals surface area contributed by atoms with Gasteiger partial charge in [0.2, 0.25) is 0 Å². The number of rotatable bonds is 3. The zero-order chi connectivity index (χ0) is 18.3. The van der Waals surface area contributed by atoms with Gasteiger partial charge in [-0.15, -0.1) is 0 Å². The summed E-state index contributed by atoms with van der Waals surface area (Å²) < 4.78 is 14.0. The van der Waals surface area contributed by atoms with E-state index in [4.69, 9.17) is 9.47 Å². The maximum Gasteiger partial charge on any atom is 0.330 e. The van der Waals surface area contributed by atoms with Crippen LogP contribution in [0.3, 0.4) is 0 Å². The molecule has 2 aliphatic heterocycles. The van der Waals surface area contributed by atoms with Gasteiger partial charge in [0.1, 0.15) is 13.2 Å². The molecule has 1 saturated heterocycles. The number of benzene rings is 1. The number of fused-ring (bicyclic) bond motifs is 1. The van der Waals surface area contributed by atoms with Gasteiger partial charge in [0.15, 0.2) is 11.5 Å². The molecule has 1 atom stereocenters. The van der Waals surface area contributed by atoms with Crippen LogP contribution in [0.2, 0.25) is 0 Å². The van der Waals surface area contributed by atoms with Gasteiger partial charge in [0.05, 0.1) is 0 Å². The van der Waals surface area contributed by atoms with Crippen LogP contribution in [0.4, 0.5) is 0 Å². The van der Waals surface area contributed by atoms with E-state index in [1.165, 1.54) is 12.6 Å². The smallest absolute Gasteiger partial charge is 0.330 e. The van der Waals surface area contributed by atoms with Crippen LogP contribution >= 0.6 is 0 Å². The first-order valence-electron chi connectivity index (χ1n) is 8.94. The van der Waals surface area contributed by atoms with E-state index in [0.717, 1.165) is 41.1 Å². The molecular weight excluding hydrogens is 334 g/mol. The molecule has 1 unspecified atom stereocenters. The molecular formula is C19H23N3O4. The molecule has 0 aliphatic carbocycles. The van der Waals surface area contributed by atoms with E-state index in [9.17, 15) is 9.59 Å². The molecule has 1 aromatic heterocycles. The van der Waals surface area contributed by atoms with Gasteiger partial charge in [-0.05, 0) is 37.1 Å². The molecule has 4 rings (SSSR count). The second-order valence-electron chi connectivity index (χ2n) is 6.91. The van der Waals surface area contributed by atoms with Crippen molar-refractivity contribution in [2.24, 2.45) is 14.1 Å². The SMILES string of the molecule is Cn1c(CN2CCCC2c2ccc3c(c2)OCCO3)cc(=O)n(C)c1=O. The van der Waals surface area contributed by atoms with Gasteiger partial charge in [-0.1, -0.05) is 6.07 Å². The topological polar surface area (TPSA) is 65.7 Å². The molecule has 7 heteroatoms. The Morgan fingerprint density at radius 3 is 2.62 bits per heavy atom. The van der Waals surface area contributed by atoms with Crippen molar-refractivity contribution in [2.45, 2.75) is 25.4 Å². The molecule has 7 nitrogen and oxygen atoms in total. The van der Waals surface area contributed by atoms with Gasteiger partial charge < -0.3 is 9.47 Å². The minimum Gasteiger partial charge on any atom is -0.486 e. The summed E-state index contributed by atoms with van der Waals surface area (Å²) in [5.41, 5.74) is 1.36. The van der Waals surface area contributed by atoms with Crippen LogP contribution in [0.1, 0.15) is 30.1 Å². The molecule has 138 valence electrons. The molecule has 2 aromatic rings. The minimum absolute atomic E-state index is 0.241. The highest BCUT2D eigenvalue weighted by atomic mass is 16.6. The van der Waals surface area contributed by atoms with Crippen molar-refractivity contribution < 1.29 is 9.47 Å². The van der Waals surface area contributed by atoms with E-state index in [1.54, 1.807) is 17.7 Å². The lowest BCUT2D eigenvalue weighted by Gasteiger charge is -2.27. The Bertz CT molecular complexity index is 947. The van der Waals surface area contributed by atoms with E-state index in [-0.39, 0.29) is 17.3 Å². The number of hydrogen-bond acceptors (Lipinski definition) is 5. The zero-order valence-corrected chi connectivity index (χ0v) is 15.1. The summed E-state index contributed by atoms with van der Waals surface area (Å²) >= 11 is 0. The van der Waals surface area contributed by atoms with Crippen LogP contribution in [0.5, 0.6) is 11.5 Å². The highest BCUT2D eigenvalue weighted by Gasteiger charge is 2.28. The minimum atomic E-state index is -0.289. The van der Waals surface area contributed by atoms with Crippen molar-refractivity contribution in [2.75, 3.05) is 19.8 Å². The van der Waals surface area contributed by atoms with Crippen LogP contribution in [0.15, 0.2) is 33.9 Å². The van der Waals surface area contributed by atoms with Gasteiger partial charge >= 0.3 is 5.69 Å². The monoisotopic (exact) mass is 357 g/mol. The highest BCUT2D eigenvalue weighted by molar-refractivity contribution is 5.44. The van der Waals surface area contributed by atoms with Crippen LogP contribution in [-0.4, -0.2) is 33.8 Å². The predicted octanol–water partition coefficient (Wildman–Crippen LogP) is 1.19. The summed E-state index contributed by atoms with van der Waals surface area (Å²) in [6.07, 6.45) is 2.12. The summed E-state index contributed by atoms with van der Waals surface area (Å²) in [5.74, 6) is 1.58. The molecule has 26 heavy (non-hydrogen) atoms. The molecule has 1 fully saturated rings. The lowest BCUT2D eigenvalue weighted by Crippen LogP contribution is -2.39. The second-order valence-corrected chi connectivity index (χ2v) is 6.91. The molecule has 0 spiro atoms. The number of aromatic nitrogens is 2. The van der Waals surface area contributed by atoms with Crippen LogP contribution in [0, 0.1) is 0 Å². The predicted molar refractivity (Wildman–Crippen MR) is 96.7 cm³/mol. The van der Waals surface area contributed by atoms with Crippen molar-refractivity contribution in [3.63, 3.8) is 0 Å². The normalized spacial score (nSPS) is 19.7. The molecule has 0 amide bonds. The van der Waals surface area contributed by atoms with Gasteiger partial charge in [0, 0.05) is 38.4 Å². The van der Waals surface area contributed by atoms with Gasteiger partial charge in [-0.3, -0.25) is 18.8 Å². The van der Waals surface area contributed by atoms with E-state index in [2.05, 4.69) is 17.0 Å².